The van der Waals surface area contributed by atoms with Crippen molar-refractivity contribution in [3.63, 3.8) is 0 Å². The van der Waals surface area contributed by atoms with E-state index in [1.807, 2.05) is 26.0 Å². The van der Waals surface area contributed by atoms with Crippen LogP contribution >= 0.6 is 0 Å². The van der Waals surface area contributed by atoms with Crippen LogP contribution in [0, 0.1) is 0 Å². The van der Waals surface area contributed by atoms with Gasteiger partial charge in [-0.15, -0.1) is 0 Å². The van der Waals surface area contributed by atoms with Gasteiger partial charge in [-0.05, 0) is 43.9 Å². The lowest BCUT2D eigenvalue weighted by Gasteiger charge is -2.29. The number of ketones is 2. The van der Waals surface area contributed by atoms with Gasteiger partial charge in [-0.3, -0.25) is 19.2 Å². The Morgan fingerprint density at radius 1 is 1.27 bits per heavy atom. The predicted molar refractivity (Wildman–Crippen MR) is 95.6 cm³/mol. The zero-order valence-electron chi connectivity index (χ0n) is 15.2. The van der Waals surface area contributed by atoms with E-state index in [1.165, 1.54) is 0 Å². The molecular formula is C20H24N2O4. The molecule has 1 aromatic carbocycles. The average molecular weight is 356 g/mol. The molecule has 1 aromatic rings. The molecule has 1 aliphatic carbocycles. The van der Waals surface area contributed by atoms with Crippen molar-refractivity contribution in [2.45, 2.75) is 64.6 Å². The van der Waals surface area contributed by atoms with Crippen LogP contribution < -0.4 is 5.32 Å². The maximum atomic E-state index is 12.8. The van der Waals surface area contributed by atoms with Crippen molar-refractivity contribution >= 4 is 23.4 Å². The number of nitrogens with zero attached hydrogens (tertiary/aromatic N) is 1. The van der Waals surface area contributed by atoms with Gasteiger partial charge in [0, 0.05) is 31.0 Å². The van der Waals surface area contributed by atoms with E-state index in [0.29, 0.717) is 37.8 Å². The second kappa shape index (κ2) is 7.40. The number of Topliss-reactive ketones (excluding diaryl/α,β-unsaturated/α-hetero) is 2. The molecule has 0 saturated heterocycles. The van der Waals surface area contributed by atoms with Gasteiger partial charge in [0.25, 0.3) is 5.91 Å². The van der Waals surface area contributed by atoms with Crippen LogP contribution in [0.3, 0.4) is 0 Å². The lowest BCUT2D eigenvalue weighted by molar-refractivity contribution is -0.133. The third-order valence-electron chi connectivity index (χ3n) is 4.98. The average Bonchev–Trinajstić information content (AvgIpc) is 2.90. The van der Waals surface area contributed by atoms with Gasteiger partial charge >= 0.3 is 0 Å². The number of amides is 2. The van der Waals surface area contributed by atoms with Crippen LogP contribution in [-0.2, 0) is 27.3 Å². The molecule has 26 heavy (non-hydrogen) atoms. The summed E-state index contributed by atoms with van der Waals surface area (Å²) in [7, 11) is 0. The molecule has 3 rings (SSSR count). The van der Waals surface area contributed by atoms with Crippen molar-refractivity contribution in [3.05, 3.63) is 34.9 Å². The van der Waals surface area contributed by atoms with Crippen molar-refractivity contribution in [2.75, 3.05) is 0 Å². The Morgan fingerprint density at radius 2 is 2.04 bits per heavy atom. The van der Waals surface area contributed by atoms with E-state index >= 15 is 0 Å². The molecule has 6 heteroatoms. The highest BCUT2D eigenvalue weighted by atomic mass is 16.2. The number of nitrogens with one attached hydrogen (secondary N) is 1. The van der Waals surface area contributed by atoms with Gasteiger partial charge in [0.2, 0.25) is 5.91 Å². The first-order valence-electron chi connectivity index (χ1n) is 9.12. The minimum absolute atomic E-state index is 0.0141. The zero-order chi connectivity index (χ0) is 18.8. The molecule has 2 amide bonds. The molecule has 1 aliphatic heterocycles. The maximum absolute atomic E-state index is 12.8. The summed E-state index contributed by atoms with van der Waals surface area (Å²) in [6.07, 6.45) is 1.59. The number of hydrogen-bond donors (Lipinski definition) is 1. The van der Waals surface area contributed by atoms with Crippen LogP contribution in [0.25, 0.3) is 0 Å². The van der Waals surface area contributed by atoms with Gasteiger partial charge in [0.05, 0.1) is 12.5 Å². The monoisotopic (exact) mass is 356 g/mol. The summed E-state index contributed by atoms with van der Waals surface area (Å²) in [5.74, 6) is -0.381. The number of benzene rings is 1. The zero-order valence-corrected chi connectivity index (χ0v) is 15.2. The van der Waals surface area contributed by atoms with Crippen molar-refractivity contribution < 1.29 is 19.2 Å². The SMILES string of the molecule is CC(C)NC(=O)CCc1cccc2c1CN(C1CCC(=O)CC1=O)C2=O. The fourth-order valence-corrected chi connectivity index (χ4v) is 3.74. The van der Waals surface area contributed by atoms with E-state index in [2.05, 4.69) is 5.32 Å². The second-order valence-electron chi connectivity index (χ2n) is 7.33. The van der Waals surface area contributed by atoms with E-state index in [0.717, 1.165) is 11.1 Å². The number of carbonyl (C=O) groups excluding carboxylic acids is 4. The Bertz CT molecular complexity index is 769. The summed E-state index contributed by atoms with van der Waals surface area (Å²) < 4.78 is 0. The normalized spacial score (nSPS) is 19.9. The first kappa shape index (κ1) is 18.3. The van der Waals surface area contributed by atoms with E-state index < -0.39 is 6.04 Å². The molecule has 1 saturated carbocycles. The molecule has 1 N–H and O–H groups in total. The third-order valence-corrected chi connectivity index (χ3v) is 4.98. The van der Waals surface area contributed by atoms with Crippen molar-refractivity contribution in [2.24, 2.45) is 0 Å². The Kier molecular flexibility index (Phi) is 5.20. The summed E-state index contributed by atoms with van der Waals surface area (Å²) in [5.41, 5.74) is 2.48. The largest absolute Gasteiger partial charge is 0.354 e. The highest BCUT2D eigenvalue weighted by Gasteiger charge is 2.39. The quantitative estimate of drug-likeness (QED) is 0.816. The van der Waals surface area contributed by atoms with Crippen LogP contribution in [0.2, 0.25) is 0 Å². The summed E-state index contributed by atoms with van der Waals surface area (Å²) in [4.78, 5) is 49.9. The topological polar surface area (TPSA) is 83.6 Å². The van der Waals surface area contributed by atoms with Crippen LogP contribution in [0.4, 0.5) is 0 Å². The number of hydrogen-bond acceptors (Lipinski definition) is 4. The van der Waals surface area contributed by atoms with Gasteiger partial charge in [0.15, 0.2) is 5.78 Å². The van der Waals surface area contributed by atoms with Gasteiger partial charge in [-0.2, -0.15) is 0 Å². The molecule has 1 fully saturated rings. The van der Waals surface area contributed by atoms with Gasteiger partial charge in [-0.1, -0.05) is 12.1 Å². The summed E-state index contributed by atoms with van der Waals surface area (Å²) in [6.45, 7) is 4.21. The fraction of sp³-hybridized carbons (Fsp3) is 0.500. The van der Waals surface area contributed by atoms with Crippen molar-refractivity contribution in [3.8, 4) is 0 Å². The van der Waals surface area contributed by atoms with Gasteiger partial charge in [-0.25, -0.2) is 0 Å². The van der Waals surface area contributed by atoms with Crippen molar-refractivity contribution in [1.82, 2.24) is 10.2 Å². The summed E-state index contributed by atoms with van der Waals surface area (Å²) in [6, 6.07) is 5.12. The molecule has 0 spiro atoms. The lowest BCUT2D eigenvalue weighted by Crippen LogP contribution is -2.44. The molecule has 0 aromatic heterocycles. The Balaban J connectivity index is 1.74. The molecule has 6 nitrogen and oxygen atoms in total. The molecule has 1 unspecified atom stereocenters. The molecule has 1 atom stereocenters. The number of carbonyl (C=O) groups is 4. The highest BCUT2D eigenvalue weighted by molar-refractivity contribution is 6.07. The van der Waals surface area contributed by atoms with E-state index in [1.54, 1.807) is 11.0 Å². The van der Waals surface area contributed by atoms with Gasteiger partial charge in [0.1, 0.15) is 5.78 Å². The van der Waals surface area contributed by atoms with Crippen LogP contribution in [-0.4, -0.2) is 40.4 Å². The molecule has 138 valence electrons. The summed E-state index contributed by atoms with van der Waals surface area (Å²) >= 11 is 0. The smallest absolute Gasteiger partial charge is 0.255 e. The molecule has 0 bridgehead atoms. The molecular weight excluding hydrogens is 332 g/mol. The minimum Gasteiger partial charge on any atom is -0.354 e. The highest BCUT2D eigenvalue weighted by Crippen LogP contribution is 2.31. The van der Waals surface area contributed by atoms with Crippen LogP contribution in [0.5, 0.6) is 0 Å². The van der Waals surface area contributed by atoms with E-state index in [4.69, 9.17) is 0 Å². The number of rotatable bonds is 5. The fourth-order valence-electron chi connectivity index (χ4n) is 3.74. The Labute approximate surface area is 152 Å². The number of fused-ring (bicyclic) bond motifs is 1. The number of aryl methyl sites for hydroxylation is 1. The summed E-state index contributed by atoms with van der Waals surface area (Å²) in [5, 5.41) is 2.87. The standard InChI is InChI=1S/C20H24N2O4/c1-12(2)21-19(25)9-6-13-4-3-5-15-16(13)11-22(20(15)26)17-8-7-14(23)10-18(17)24/h3-5,12,17H,6-11H2,1-2H3,(H,21,25). The van der Waals surface area contributed by atoms with Crippen LogP contribution in [0.1, 0.15) is 61.0 Å². The van der Waals surface area contributed by atoms with Gasteiger partial charge < -0.3 is 10.2 Å². The first-order chi connectivity index (χ1) is 12.4. The molecule has 1 heterocycles. The third kappa shape index (κ3) is 3.69. The van der Waals surface area contributed by atoms with Crippen molar-refractivity contribution in [1.29, 1.82) is 0 Å². The Morgan fingerprint density at radius 3 is 2.73 bits per heavy atom. The maximum Gasteiger partial charge on any atom is 0.255 e. The predicted octanol–water partition coefficient (Wildman–Crippen LogP) is 1.79. The Hall–Kier alpha value is -2.50. The molecule has 2 aliphatic rings. The second-order valence-corrected chi connectivity index (χ2v) is 7.33. The first-order valence-corrected chi connectivity index (χ1v) is 9.12. The minimum atomic E-state index is -0.510. The van der Waals surface area contributed by atoms with E-state index in [-0.39, 0.29) is 35.8 Å². The van der Waals surface area contributed by atoms with Crippen LogP contribution in [0.15, 0.2) is 18.2 Å². The van der Waals surface area contributed by atoms with E-state index in [9.17, 15) is 19.2 Å². The molecule has 0 radical (unpaired) electrons. The lowest BCUT2D eigenvalue weighted by atomic mass is 9.92.